The molecule has 1 aliphatic heterocycles. The number of anilines is 1. The first-order chi connectivity index (χ1) is 6.29. The topological polar surface area (TPSA) is 70.1 Å². The molecule has 2 rings (SSSR count). The first kappa shape index (κ1) is 8.40. The van der Waals surface area contributed by atoms with E-state index in [4.69, 9.17) is 0 Å². The molecule has 1 fully saturated rings. The Morgan fingerprint density at radius 2 is 2.15 bits per heavy atom. The van der Waals surface area contributed by atoms with Crippen LogP contribution in [0.25, 0.3) is 0 Å². The van der Waals surface area contributed by atoms with Crippen LogP contribution in [-0.2, 0) is 0 Å². The zero-order chi connectivity index (χ0) is 9.15. The summed E-state index contributed by atoms with van der Waals surface area (Å²) in [6.45, 7) is 1.75. The predicted molar refractivity (Wildman–Crippen MR) is 48.3 cm³/mol. The van der Waals surface area contributed by atoms with Gasteiger partial charge >= 0.3 is 0 Å². The Hall–Kier alpha value is -1.20. The highest BCUT2D eigenvalue weighted by molar-refractivity contribution is 5.23. The zero-order valence-electron chi connectivity index (χ0n) is 7.20. The van der Waals surface area contributed by atoms with Crippen LogP contribution in [0.4, 0.5) is 5.95 Å². The van der Waals surface area contributed by atoms with E-state index in [0.29, 0.717) is 25.6 Å². The Balaban J connectivity index is 1.86. The molecule has 2 heterocycles. The Bertz CT molecular complexity index is 273. The molecule has 5 heteroatoms. The van der Waals surface area contributed by atoms with Gasteiger partial charge in [-0.15, -0.1) is 0 Å². The Morgan fingerprint density at radius 3 is 2.69 bits per heavy atom. The van der Waals surface area contributed by atoms with Gasteiger partial charge in [0.05, 0.1) is 0 Å². The number of hydrogen-bond acceptors (Lipinski definition) is 5. The highest BCUT2D eigenvalue weighted by Crippen LogP contribution is 2.10. The Kier molecular flexibility index (Phi) is 2.12. The average Bonchev–Trinajstić information content (AvgIpc) is 2.13. The molecule has 0 amide bonds. The lowest BCUT2D eigenvalue weighted by atomic mass is 9.98. The van der Waals surface area contributed by atoms with Crippen molar-refractivity contribution in [2.75, 3.05) is 25.0 Å². The van der Waals surface area contributed by atoms with E-state index < -0.39 is 5.60 Å². The third-order valence-electron chi connectivity index (χ3n) is 2.05. The molecule has 0 radical (unpaired) electrons. The average molecular weight is 180 g/mol. The van der Waals surface area contributed by atoms with Gasteiger partial charge in [0.2, 0.25) is 5.95 Å². The van der Waals surface area contributed by atoms with E-state index in [1.807, 2.05) is 0 Å². The van der Waals surface area contributed by atoms with Crippen LogP contribution in [0, 0.1) is 0 Å². The first-order valence-corrected chi connectivity index (χ1v) is 4.23. The fourth-order valence-corrected chi connectivity index (χ4v) is 1.17. The van der Waals surface area contributed by atoms with Crippen LogP contribution < -0.4 is 10.6 Å². The van der Waals surface area contributed by atoms with Gasteiger partial charge in [-0.1, -0.05) is 0 Å². The van der Waals surface area contributed by atoms with Crippen LogP contribution >= 0.6 is 0 Å². The summed E-state index contributed by atoms with van der Waals surface area (Å²) in [7, 11) is 0. The Morgan fingerprint density at radius 1 is 1.46 bits per heavy atom. The smallest absolute Gasteiger partial charge is 0.222 e. The standard InChI is InChI=1S/C8H12N4O/c13-8(4-9-5-8)6-12-7-10-2-1-3-11-7/h1-3,9,13H,4-6H2,(H,10,11,12). The van der Waals surface area contributed by atoms with Crippen molar-refractivity contribution in [1.82, 2.24) is 15.3 Å². The molecule has 1 aromatic rings. The predicted octanol–water partition coefficient (Wildman–Crippen LogP) is -0.777. The van der Waals surface area contributed by atoms with E-state index in [1.54, 1.807) is 18.5 Å². The monoisotopic (exact) mass is 180 g/mol. The quantitative estimate of drug-likeness (QED) is 0.569. The van der Waals surface area contributed by atoms with Gasteiger partial charge < -0.3 is 15.7 Å². The maximum Gasteiger partial charge on any atom is 0.222 e. The summed E-state index contributed by atoms with van der Waals surface area (Å²) in [5.41, 5.74) is -0.626. The molecular weight excluding hydrogens is 168 g/mol. The van der Waals surface area contributed by atoms with Gasteiger partial charge in [0, 0.05) is 32.0 Å². The summed E-state index contributed by atoms with van der Waals surface area (Å²) >= 11 is 0. The number of nitrogens with one attached hydrogen (secondary N) is 2. The second kappa shape index (κ2) is 3.27. The normalized spacial score (nSPS) is 19.2. The number of aliphatic hydroxyl groups is 1. The number of hydrogen-bond donors (Lipinski definition) is 3. The van der Waals surface area contributed by atoms with Gasteiger partial charge in [0.25, 0.3) is 0 Å². The molecule has 0 unspecified atom stereocenters. The molecule has 0 bridgehead atoms. The van der Waals surface area contributed by atoms with Gasteiger partial charge in [0.1, 0.15) is 5.60 Å². The molecule has 3 N–H and O–H groups in total. The second-order valence-corrected chi connectivity index (χ2v) is 3.25. The fraction of sp³-hybridized carbons (Fsp3) is 0.500. The Labute approximate surface area is 76.2 Å². The van der Waals surface area contributed by atoms with Crippen LogP contribution in [0.2, 0.25) is 0 Å². The second-order valence-electron chi connectivity index (χ2n) is 3.25. The van der Waals surface area contributed by atoms with Crippen molar-refractivity contribution in [3.05, 3.63) is 18.5 Å². The van der Waals surface area contributed by atoms with Crippen LogP contribution in [0.5, 0.6) is 0 Å². The lowest BCUT2D eigenvalue weighted by molar-refractivity contribution is 0.00299. The van der Waals surface area contributed by atoms with Crippen LogP contribution in [0.15, 0.2) is 18.5 Å². The van der Waals surface area contributed by atoms with E-state index in [2.05, 4.69) is 20.6 Å². The molecule has 1 saturated heterocycles. The molecule has 5 nitrogen and oxygen atoms in total. The molecule has 0 aromatic carbocycles. The van der Waals surface area contributed by atoms with Crippen LogP contribution in [-0.4, -0.2) is 40.3 Å². The first-order valence-electron chi connectivity index (χ1n) is 4.23. The maximum atomic E-state index is 9.69. The summed E-state index contributed by atoms with van der Waals surface area (Å²) in [5.74, 6) is 0.558. The fourth-order valence-electron chi connectivity index (χ4n) is 1.17. The van der Waals surface area contributed by atoms with Gasteiger partial charge in [-0.25, -0.2) is 9.97 Å². The number of β-amino-alcohol motifs (C(OH)–C–C–N with tert-alkyl or cyclic N) is 1. The van der Waals surface area contributed by atoms with Crippen molar-refractivity contribution < 1.29 is 5.11 Å². The summed E-state index contributed by atoms with van der Waals surface area (Å²) < 4.78 is 0. The summed E-state index contributed by atoms with van der Waals surface area (Å²) in [4.78, 5) is 7.97. The van der Waals surface area contributed by atoms with Crippen molar-refractivity contribution in [1.29, 1.82) is 0 Å². The maximum absolute atomic E-state index is 9.69. The molecule has 0 spiro atoms. The third kappa shape index (κ3) is 1.93. The molecule has 0 saturated carbocycles. The minimum atomic E-state index is -0.626. The molecule has 1 aromatic heterocycles. The molecule has 13 heavy (non-hydrogen) atoms. The lowest BCUT2D eigenvalue weighted by Gasteiger charge is -2.37. The number of nitrogens with zero attached hydrogens (tertiary/aromatic N) is 2. The van der Waals surface area contributed by atoms with Crippen molar-refractivity contribution in [2.24, 2.45) is 0 Å². The van der Waals surface area contributed by atoms with Gasteiger partial charge in [-0.3, -0.25) is 0 Å². The van der Waals surface area contributed by atoms with Gasteiger partial charge in [-0.2, -0.15) is 0 Å². The third-order valence-corrected chi connectivity index (χ3v) is 2.05. The van der Waals surface area contributed by atoms with Crippen molar-refractivity contribution in [3.8, 4) is 0 Å². The molecule has 70 valence electrons. The van der Waals surface area contributed by atoms with Crippen molar-refractivity contribution >= 4 is 5.95 Å². The van der Waals surface area contributed by atoms with E-state index >= 15 is 0 Å². The molecule has 0 atom stereocenters. The van der Waals surface area contributed by atoms with Gasteiger partial charge in [-0.05, 0) is 6.07 Å². The number of aromatic nitrogens is 2. The van der Waals surface area contributed by atoms with E-state index in [1.165, 1.54) is 0 Å². The van der Waals surface area contributed by atoms with E-state index in [-0.39, 0.29) is 0 Å². The molecular formula is C8H12N4O. The minimum absolute atomic E-state index is 0.490. The molecule has 0 aliphatic carbocycles. The highest BCUT2D eigenvalue weighted by atomic mass is 16.3. The highest BCUT2D eigenvalue weighted by Gasteiger charge is 2.33. The van der Waals surface area contributed by atoms with Crippen molar-refractivity contribution in [3.63, 3.8) is 0 Å². The van der Waals surface area contributed by atoms with Crippen LogP contribution in [0.3, 0.4) is 0 Å². The summed E-state index contributed by atoms with van der Waals surface area (Å²) in [6.07, 6.45) is 3.33. The zero-order valence-corrected chi connectivity index (χ0v) is 7.20. The van der Waals surface area contributed by atoms with Crippen molar-refractivity contribution in [2.45, 2.75) is 5.60 Å². The minimum Gasteiger partial charge on any atom is -0.385 e. The summed E-state index contributed by atoms with van der Waals surface area (Å²) in [6, 6.07) is 1.75. The molecule has 1 aliphatic rings. The van der Waals surface area contributed by atoms with E-state index in [9.17, 15) is 5.11 Å². The SMILES string of the molecule is OC1(CNc2ncccn2)CNC1. The van der Waals surface area contributed by atoms with Gasteiger partial charge in [0.15, 0.2) is 0 Å². The van der Waals surface area contributed by atoms with Crippen LogP contribution in [0.1, 0.15) is 0 Å². The lowest BCUT2D eigenvalue weighted by Crippen LogP contribution is -2.63. The number of rotatable bonds is 3. The summed E-state index contributed by atoms with van der Waals surface area (Å²) in [5, 5.41) is 15.7. The largest absolute Gasteiger partial charge is 0.385 e. The van der Waals surface area contributed by atoms with E-state index in [0.717, 1.165) is 0 Å².